The number of hydrogen-bond acceptors (Lipinski definition) is 4. The van der Waals surface area contributed by atoms with Gasteiger partial charge in [0, 0.05) is 24.7 Å². The highest BCUT2D eigenvalue weighted by Gasteiger charge is 2.24. The van der Waals surface area contributed by atoms with Gasteiger partial charge in [-0.1, -0.05) is 74.5 Å². The first-order chi connectivity index (χ1) is 15.6. The van der Waals surface area contributed by atoms with E-state index in [1.165, 1.54) is 4.68 Å². The van der Waals surface area contributed by atoms with Crippen molar-refractivity contribution in [3.63, 3.8) is 0 Å². The van der Waals surface area contributed by atoms with Crippen molar-refractivity contribution in [1.82, 2.24) is 20.0 Å². The molecule has 0 aliphatic heterocycles. The van der Waals surface area contributed by atoms with Gasteiger partial charge >= 0.3 is 0 Å². The second-order valence-corrected chi connectivity index (χ2v) is 7.75. The molecule has 168 valence electrons. The summed E-state index contributed by atoms with van der Waals surface area (Å²) in [6.45, 7) is 7.89. The lowest BCUT2D eigenvalue weighted by molar-refractivity contribution is 0.0951. The van der Waals surface area contributed by atoms with Crippen molar-refractivity contribution in [1.29, 1.82) is 0 Å². The first-order valence-electron chi connectivity index (χ1n) is 11.3. The minimum absolute atomic E-state index is 0.135. The molecule has 3 rings (SSSR count). The number of benzene rings is 2. The third-order valence-corrected chi connectivity index (χ3v) is 5.66. The van der Waals surface area contributed by atoms with Crippen molar-refractivity contribution in [2.45, 2.75) is 26.7 Å². The van der Waals surface area contributed by atoms with Crippen LogP contribution in [0.5, 0.6) is 0 Å². The van der Waals surface area contributed by atoms with E-state index in [1.54, 1.807) is 7.05 Å². The maximum Gasteiger partial charge on any atom is 0.280 e. The molecule has 1 amide bonds. The van der Waals surface area contributed by atoms with Gasteiger partial charge in [0.15, 0.2) is 0 Å². The maximum absolute atomic E-state index is 13.2. The van der Waals surface area contributed by atoms with Crippen molar-refractivity contribution in [2.75, 3.05) is 26.2 Å². The normalized spacial score (nSPS) is 11.0. The van der Waals surface area contributed by atoms with Crippen LogP contribution in [-0.2, 0) is 7.05 Å². The Labute approximate surface area is 189 Å². The van der Waals surface area contributed by atoms with Crippen molar-refractivity contribution >= 4 is 5.91 Å². The van der Waals surface area contributed by atoms with E-state index in [9.17, 15) is 9.59 Å². The van der Waals surface area contributed by atoms with Crippen LogP contribution in [0.3, 0.4) is 0 Å². The minimum atomic E-state index is -0.399. The van der Waals surface area contributed by atoms with E-state index in [1.807, 2.05) is 60.7 Å². The summed E-state index contributed by atoms with van der Waals surface area (Å²) in [6.07, 6.45) is 1.86. The largest absolute Gasteiger partial charge is 0.352 e. The molecule has 0 saturated heterocycles. The van der Waals surface area contributed by atoms with Crippen LogP contribution in [0.2, 0.25) is 0 Å². The topological polar surface area (TPSA) is 67.2 Å². The second kappa shape index (κ2) is 11.4. The van der Waals surface area contributed by atoms with Gasteiger partial charge in [-0.15, -0.1) is 0 Å². The molecule has 0 fully saturated rings. The molecule has 0 saturated carbocycles. The van der Waals surface area contributed by atoms with Crippen molar-refractivity contribution in [2.24, 2.45) is 7.05 Å². The Morgan fingerprint density at radius 1 is 0.938 bits per heavy atom. The third kappa shape index (κ3) is 5.51. The molecule has 0 bridgehead atoms. The summed E-state index contributed by atoms with van der Waals surface area (Å²) < 4.78 is 1.25. The van der Waals surface area contributed by atoms with Gasteiger partial charge in [-0.25, -0.2) is 4.68 Å². The Morgan fingerprint density at radius 3 is 2.12 bits per heavy atom. The molecule has 32 heavy (non-hydrogen) atoms. The lowest BCUT2D eigenvalue weighted by Crippen LogP contribution is -2.35. The van der Waals surface area contributed by atoms with Gasteiger partial charge in [-0.3, -0.25) is 9.59 Å². The number of nitrogens with zero attached hydrogens (tertiary/aromatic N) is 3. The number of aromatic nitrogens is 2. The number of rotatable bonds is 10. The van der Waals surface area contributed by atoms with E-state index in [4.69, 9.17) is 0 Å². The Hall–Kier alpha value is -3.25. The summed E-state index contributed by atoms with van der Waals surface area (Å²) in [7, 11) is 1.59. The van der Waals surface area contributed by atoms with E-state index in [0.29, 0.717) is 17.8 Å². The van der Waals surface area contributed by atoms with Crippen LogP contribution >= 0.6 is 0 Å². The van der Waals surface area contributed by atoms with Gasteiger partial charge < -0.3 is 10.2 Å². The summed E-state index contributed by atoms with van der Waals surface area (Å²) in [6, 6.07) is 19.2. The fraction of sp³-hybridized carbons (Fsp3) is 0.346. The number of aryl methyl sites for hydroxylation is 1. The van der Waals surface area contributed by atoms with Crippen molar-refractivity contribution in [3.05, 3.63) is 76.6 Å². The maximum atomic E-state index is 13.2. The SMILES string of the molecule is CCN(CC)CCCCNC(=O)c1c(-c2ccccc2)c(-c2ccccc2)nn(C)c1=O. The van der Waals surface area contributed by atoms with Crippen LogP contribution in [0, 0.1) is 0 Å². The van der Waals surface area contributed by atoms with Crippen molar-refractivity contribution in [3.8, 4) is 22.4 Å². The zero-order valence-electron chi connectivity index (χ0n) is 19.2. The lowest BCUT2D eigenvalue weighted by Gasteiger charge is -2.18. The van der Waals surface area contributed by atoms with Gasteiger partial charge in [-0.05, 0) is 38.0 Å². The van der Waals surface area contributed by atoms with E-state index < -0.39 is 5.56 Å². The summed E-state index contributed by atoms with van der Waals surface area (Å²) in [5.74, 6) is -0.355. The van der Waals surface area contributed by atoms with E-state index in [2.05, 4.69) is 29.2 Å². The molecule has 3 aromatic rings. The number of hydrogen-bond donors (Lipinski definition) is 1. The highest BCUT2D eigenvalue weighted by atomic mass is 16.2. The first-order valence-corrected chi connectivity index (χ1v) is 11.3. The standard InChI is InChI=1S/C26H32N4O2/c1-4-30(5-2)19-13-12-18-27-25(31)23-22(20-14-8-6-9-15-20)24(28-29(3)26(23)32)21-16-10-7-11-17-21/h6-11,14-17H,4-5,12-13,18-19H2,1-3H3,(H,27,31). The number of unbranched alkanes of at least 4 members (excludes halogenated alkanes) is 1. The molecule has 6 nitrogen and oxygen atoms in total. The fourth-order valence-electron chi connectivity index (χ4n) is 3.82. The lowest BCUT2D eigenvalue weighted by atomic mass is 9.95. The molecule has 0 unspecified atom stereocenters. The van der Waals surface area contributed by atoms with Crippen LogP contribution in [0.25, 0.3) is 22.4 Å². The number of carbonyl (C=O) groups is 1. The molecule has 0 atom stereocenters. The number of nitrogens with one attached hydrogen (secondary N) is 1. The molecule has 0 spiro atoms. The Kier molecular flexibility index (Phi) is 8.34. The average molecular weight is 433 g/mol. The molecular weight excluding hydrogens is 400 g/mol. The molecule has 1 aromatic heterocycles. The first kappa shape index (κ1) is 23.4. The monoisotopic (exact) mass is 432 g/mol. The van der Waals surface area contributed by atoms with Crippen molar-refractivity contribution < 1.29 is 4.79 Å². The van der Waals surface area contributed by atoms with Gasteiger partial charge in [0.1, 0.15) is 5.56 Å². The predicted molar refractivity (Wildman–Crippen MR) is 130 cm³/mol. The van der Waals surface area contributed by atoms with Crippen LogP contribution in [0.4, 0.5) is 0 Å². The predicted octanol–water partition coefficient (Wildman–Crippen LogP) is 3.97. The average Bonchev–Trinajstić information content (AvgIpc) is 2.83. The molecule has 1 heterocycles. The van der Waals surface area contributed by atoms with Gasteiger partial charge in [0.05, 0.1) is 5.69 Å². The molecule has 0 radical (unpaired) electrons. The van der Waals surface area contributed by atoms with E-state index in [0.717, 1.165) is 43.6 Å². The molecule has 2 aromatic carbocycles. The molecular formula is C26H32N4O2. The van der Waals surface area contributed by atoms with E-state index in [-0.39, 0.29) is 11.5 Å². The van der Waals surface area contributed by atoms with E-state index >= 15 is 0 Å². The summed E-state index contributed by atoms with van der Waals surface area (Å²) in [4.78, 5) is 28.7. The zero-order chi connectivity index (χ0) is 22.9. The molecule has 6 heteroatoms. The second-order valence-electron chi connectivity index (χ2n) is 7.75. The molecule has 0 aliphatic rings. The molecule has 1 N–H and O–H groups in total. The van der Waals surface area contributed by atoms with Crippen LogP contribution < -0.4 is 10.9 Å². The highest BCUT2D eigenvalue weighted by molar-refractivity contribution is 6.03. The van der Waals surface area contributed by atoms with Gasteiger partial charge in [-0.2, -0.15) is 5.10 Å². The quantitative estimate of drug-likeness (QED) is 0.493. The molecule has 0 aliphatic carbocycles. The Morgan fingerprint density at radius 2 is 1.53 bits per heavy atom. The number of carbonyl (C=O) groups excluding carboxylic acids is 1. The van der Waals surface area contributed by atoms with Crippen LogP contribution in [0.15, 0.2) is 65.5 Å². The summed E-state index contributed by atoms with van der Waals surface area (Å²) in [5, 5.41) is 7.50. The number of amides is 1. The Balaban J connectivity index is 1.93. The minimum Gasteiger partial charge on any atom is -0.352 e. The summed E-state index contributed by atoms with van der Waals surface area (Å²) in [5.41, 5.74) is 2.57. The smallest absolute Gasteiger partial charge is 0.280 e. The van der Waals surface area contributed by atoms with Gasteiger partial charge in [0.2, 0.25) is 0 Å². The highest BCUT2D eigenvalue weighted by Crippen LogP contribution is 2.31. The third-order valence-electron chi connectivity index (χ3n) is 5.66. The Bertz CT molecular complexity index is 1070. The van der Waals surface area contributed by atoms with Crippen LogP contribution in [-0.4, -0.2) is 46.8 Å². The van der Waals surface area contributed by atoms with Gasteiger partial charge in [0.25, 0.3) is 11.5 Å². The fourth-order valence-corrected chi connectivity index (χ4v) is 3.82. The zero-order valence-corrected chi connectivity index (χ0v) is 19.2. The van der Waals surface area contributed by atoms with Crippen LogP contribution in [0.1, 0.15) is 37.0 Å². The summed E-state index contributed by atoms with van der Waals surface area (Å²) >= 11 is 0.